The van der Waals surface area contributed by atoms with E-state index in [2.05, 4.69) is 27.1 Å². The van der Waals surface area contributed by atoms with Crippen molar-refractivity contribution >= 4 is 40.6 Å². The Balaban J connectivity index is 1.78. The maximum atomic E-state index is 12.8. The van der Waals surface area contributed by atoms with Crippen LogP contribution in [0.2, 0.25) is 10.0 Å². The number of piperazine rings is 1. The fourth-order valence-electron chi connectivity index (χ4n) is 2.94. The van der Waals surface area contributed by atoms with Gasteiger partial charge in [-0.3, -0.25) is 4.79 Å². The van der Waals surface area contributed by atoms with E-state index in [-0.39, 0.29) is 5.91 Å². The number of carbonyl (C=O) groups is 1. The topological polar surface area (TPSA) is 61.4 Å². The molecule has 0 saturated carbocycles. The van der Waals surface area contributed by atoms with E-state index < -0.39 is 0 Å². The molecule has 0 bridgehead atoms. The number of nitrogens with zero attached hydrogens (tertiary/aromatic N) is 4. The van der Waals surface area contributed by atoms with Gasteiger partial charge >= 0.3 is 0 Å². The lowest BCUT2D eigenvalue weighted by atomic mass is 10.2. The molecule has 0 radical (unpaired) electrons. The smallest absolute Gasteiger partial charge is 0.272 e. The molecule has 1 N–H and O–H groups in total. The first kappa shape index (κ1) is 18.9. The zero-order valence-electron chi connectivity index (χ0n) is 14.8. The highest BCUT2D eigenvalue weighted by atomic mass is 35.5. The molecule has 1 aromatic carbocycles. The normalized spacial score (nSPS) is 15.2. The SMILES string of the molecule is CCN1CCN(C(=O)c2cc(Nc3cc(Cl)cc(Cl)c3)nc(C)n2)CC1. The fourth-order valence-corrected chi connectivity index (χ4v) is 3.47. The largest absolute Gasteiger partial charge is 0.340 e. The van der Waals surface area contributed by atoms with Crippen LogP contribution in [-0.2, 0) is 0 Å². The number of amides is 1. The Bertz CT molecular complexity index is 786. The second-order valence-corrected chi connectivity index (χ2v) is 7.07. The van der Waals surface area contributed by atoms with Gasteiger partial charge in [-0.05, 0) is 31.7 Å². The molecule has 1 aliphatic rings. The Hall–Kier alpha value is -1.89. The lowest BCUT2D eigenvalue weighted by molar-refractivity contribution is 0.0637. The summed E-state index contributed by atoms with van der Waals surface area (Å²) >= 11 is 12.1. The molecule has 3 rings (SSSR count). The second-order valence-electron chi connectivity index (χ2n) is 6.20. The lowest BCUT2D eigenvalue weighted by Gasteiger charge is -2.33. The molecule has 0 atom stereocenters. The molecule has 1 saturated heterocycles. The van der Waals surface area contributed by atoms with Crippen LogP contribution < -0.4 is 5.32 Å². The van der Waals surface area contributed by atoms with E-state index in [9.17, 15) is 4.79 Å². The molecule has 2 aromatic rings. The molecule has 1 amide bonds. The van der Waals surface area contributed by atoms with Crippen molar-refractivity contribution in [2.75, 3.05) is 38.0 Å². The number of likely N-dealkylation sites (N-methyl/N-ethyl adjacent to an activating group) is 1. The van der Waals surface area contributed by atoms with Crippen LogP contribution in [0.3, 0.4) is 0 Å². The molecule has 0 spiro atoms. The van der Waals surface area contributed by atoms with Crippen LogP contribution in [0.4, 0.5) is 11.5 Å². The highest BCUT2D eigenvalue weighted by molar-refractivity contribution is 6.35. The zero-order valence-corrected chi connectivity index (χ0v) is 16.3. The van der Waals surface area contributed by atoms with Crippen molar-refractivity contribution in [3.8, 4) is 0 Å². The molecule has 1 aromatic heterocycles. The van der Waals surface area contributed by atoms with Crippen LogP contribution in [-0.4, -0.2) is 58.4 Å². The van der Waals surface area contributed by atoms with Gasteiger partial charge in [0.1, 0.15) is 17.3 Å². The summed E-state index contributed by atoms with van der Waals surface area (Å²) in [5.74, 6) is 0.989. The number of hydrogen-bond acceptors (Lipinski definition) is 5. The van der Waals surface area contributed by atoms with Crippen molar-refractivity contribution in [2.24, 2.45) is 0 Å². The Morgan fingerprint density at radius 2 is 1.73 bits per heavy atom. The zero-order chi connectivity index (χ0) is 18.7. The number of carbonyl (C=O) groups excluding carboxylic acids is 1. The molecule has 138 valence electrons. The Labute approximate surface area is 163 Å². The van der Waals surface area contributed by atoms with Gasteiger partial charge in [0.2, 0.25) is 0 Å². The monoisotopic (exact) mass is 393 g/mol. The van der Waals surface area contributed by atoms with Crippen molar-refractivity contribution in [3.05, 3.63) is 45.8 Å². The average Bonchev–Trinajstić information content (AvgIpc) is 2.60. The van der Waals surface area contributed by atoms with Gasteiger partial charge in [-0.15, -0.1) is 0 Å². The van der Waals surface area contributed by atoms with E-state index in [1.807, 2.05) is 4.90 Å². The van der Waals surface area contributed by atoms with E-state index >= 15 is 0 Å². The van der Waals surface area contributed by atoms with E-state index in [0.29, 0.717) is 46.2 Å². The summed E-state index contributed by atoms with van der Waals surface area (Å²) in [5, 5.41) is 4.19. The van der Waals surface area contributed by atoms with E-state index in [1.54, 1.807) is 31.2 Å². The number of benzene rings is 1. The summed E-state index contributed by atoms with van der Waals surface area (Å²) in [5.41, 5.74) is 1.09. The summed E-state index contributed by atoms with van der Waals surface area (Å²) in [4.78, 5) is 25.6. The van der Waals surface area contributed by atoms with Gasteiger partial charge in [-0.2, -0.15) is 0 Å². The van der Waals surface area contributed by atoms with Crippen molar-refractivity contribution in [3.63, 3.8) is 0 Å². The van der Waals surface area contributed by atoms with E-state index in [4.69, 9.17) is 23.2 Å². The summed E-state index contributed by atoms with van der Waals surface area (Å²) in [6, 6.07) is 6.81. The molecule has 0 unspecified atom stereocenters. The first-order valence-corrected chi connectivity index (χ1v) is 9.30. The summed E-state index contributed by atoms with van der Waals surface area (Å²) in [7, 11) is 0. The maximum Gasteiger partial charge on any atom is 0.272 e. The number of rotatable bonds is 4. The van der Waals surface area contributed by atoms with Gasteiger partial charge in [0.05, 0.1) is 0 Å². The van der Waals surface area contributed by atoms with Crippen LogP contribution in [0, 0.1) is 6.92 Å². The minimum atomic E-state index is -0.0709. The number of anilines is 2. The highest BCUT2D eigenvalue weighted by Gasteiger charge is 2.23. The minimum absolute atomic E-state index is 0.0709. The van der Waals surface area contributed by atoms with Gasteiger partial charge < -0.3 is 15.1 Å². The van der Waals surface area contributed by atoms with Gasteiger partial charge in [0, 0.05) is 48.0 Å². The van der Waals surface area contributed by atoms with Crippen LogP contribution in [0.15, 0.2) is 24.3 Å². The van der Waals surface area contributed by atoms with E-state index in [0.717, 1.165) is 19.6 Å². The number of nitrogens with one attached hydrogen (secondary N) is 1. The molecular formula is C18H21Cl2N5O. The molecular weight excluding hydrogens is 373 g/mol. The molecule has 6 nitrogen and oxygen atoms in total. The van der Waals surface area contributed by atoms with Crippen molar-refractivity contribution in [2.45, 2.75) is 13.8 Å². The van der Waals surface area contributed by atoms with Gasteiger partial charge in [0.15, 0.2) is 0 Å². The highest BCUT2D eigenvalue weighted by Crippen LogP contribution is 2.25. The van der Waals surface area contributed by atoms with Gasteiger partial charge in [0.25, 0.3) is 5.91 Å². The first-order chi connectivity index (χ1) is 12.4. The van der Waals surface area contributed by atoms with Crippen LogP contribution in [0.25, 0.3) is 0 Å². The van der Waals surface area contributed by atoms with Gasteiger partial charge in [-0.25, -0.2) is 9.97 Å². The number of aryl methyl sites for hydroxylation is 1. The Kier molecular flexibility index (Phi) is 5.96. The van der Waals surface area contributed by atoms with Crippen LogP contribution in [0.5, 0.6) is 0 Å². The third kappa shape index (κ3) is 4.63. The quantitative estimate of drug-likeness (QED) is 0.859. The average molecular weight is 394 g/mol. The van der Waals surface area contributed by atoms with Gasteiger partial charge in [-0.1, -0.05) is 30.1 Å². The summed E-state index contributed by atoms with van der Waals surface area (Å²) < 4.78 is 0. The fraction of sp³-hybridized carbons (Fsp3) is 0.389. The minimum Gasteiger partial charge on any atom is -0.340 e. The van der Waals surface area contributed by atoms with Crippen LogP contribution in [0.1, 0.15) is 23.2 Å². The third-order valence-electron chi connectivity index (χ3n) is 4.30. The lowest BCUT2D eigenvalue weighted by Crippen LogP contribution is -2.48. The molecule has 1 fully saturated rings. The van der Waals surface area contributed by atoms with Crippen molar-refractivity contribution in [1.29, 1.82) is 0 Å². The molecule has 1 aliphatic heterocycles. The molecule has 26 heavy (non-hydrogen) atoms. The Morgan fingerprint density at radius 1 is 1.08 bits per heavy atom. The maximum absolute atomic E-state index is 12.8. The molecule has 8 heteroatoms. The predicted octanol–water partition coefficient (Wildman–Crippen LogP) is 3.61. The number of hydrogen-bond donors (Lipinski definition) is 1. The summed E-state index contributed by atoms with van der Waals surface area (Å²) in [6.45, 7) is 8.10. The third-order valence-corrected chi connectivity index (χ3v) is 4.74. The van der Waals surface area contributed by atoms with E-state index in [1.165, 1.54) is 0 Å². The second kappa shape index (κ2) is 8.20. The first-order valence-electron chi connectivity index (χ1n) is 8.55. The Morgan fingerprint density at radius 3 is 2.35 bits per heavy atom. The van der Waals surface area contributed by atoms with Crippen molar-refractivity contribution < 1.29 is 4.79 Å². The van der Waals surface area contributed by atoms with Crippen molar-refractivity contribution in [1.82, 2.24) is 19.8 Å². The predicted molar refractivity (Wildman–Crippen MR) is 105 cm³/mol. The standard InChI is InChI=1S/C18H21Cl2N5O/c1-3-24-4-6-25(7-5-24)18(26)16-11-17(22-12(2)21-16)23-15-9-13(19)8-14(20)10-15/h8-11H,3-7H2,1-2H3,(H,21,22,23). The molecule has 0 aliphatic carbocycles. The number of aromatic nitrogens is 2. The molecule has 2 heterocycles. The van der Waals surface area contributed by atoms with Crippen LogP contribution >= 0.6 is 23.2 Å². The summed E-state index contributed by atoms with van der Waals surface area (Å²) in [6.07, 6.45) is 0. The number of halogens is 2.